The molecule has 0 fully saturated rings. The van der Waals surface area contributed by atoms with Crippen LogP contribution in [0.2, 0.25) is 0 Å². The Morgan fingerprint density at radius 1 is 1.29 bits per heavy atom. The fourth-order valence-electron chi connectivity index (χ4n) is 2.86. The number of fused-ring (bicyclic) bond motifs is 1. The Morgan fingerprint density at radius 3 is 2.79 bits per heavy atom. The Kier molecular flexibility index (Phi) is 4.57. The summed E-state index contributed by atoms with van der Waals surface area (Å²) in [6.07, 6.45) is -0.261. The molecule has 1 heterocycles. The lowest BCUT2D eigenvalue weighted by Crippen LogP contribution is -2.48. The molecule has 0 aliphatic carbocycles. The van der Waals surface area contributed by atoms with Crippen molar-refractivity contribution in [2.75, 3.05) is 30.9 Å². The quantitative estimate of drug-likeness (QED) is 0.815. The van der Waals surface area contributed by atoms with Crippen molar-refractivity contribution in [2.45, 2.75) is 12.5 Å². The van der Waals surface area contributed by atoms with Gasteiger partial charge in [0.15, 0.2) is 6.10 Å². The maximum absolute atomic E-state index is 12.7. The van der Waals surface area contributed by atoms with Crippen molar-refractivity contribution < 1.29 is 19.4 Å². The molecule has 1 amide bonds. The van der Waals surface area contributed by atoms with Crippen LogP contribution in [0.4, 0.5) is 11.4 Å². The zero-order valence-corrected chi connectivity index (χ0v) is 13.4. The van der Waals surface area contributed by atoms with Crippen molar-refractivity contribution in [3.8, 4) is 11.5 Å². The van der Waals surface area contributed by atoms with Crippen LogP contribution in [-0.2, 0) is 11.2 Å². The number of nitrogens with two attached hydrogens (primary N) is 1. The second-order valence-electron chi connectivity index (χ2n) is 5.57. The summed E-state index contributed by atoms with van der Waals surface area (Å²) in [6.45, 7) is 0.128. The predicted octanol–water partition coefficient (Wildman–Crippen LogP) is 1.61. The number of ether oxygens (including phenoxy) is 2. The molecule has 0 radical (unpaired) electrons. The van der Waals surface area contributed by atoms with E-state index in [2.05, 4.69) is 0 Å². The van der Waals surface area contributed by atoms with Crippen LogP contribution in [0.25, 0.3) is 0 Å². The Labute approximate surface area is 140 Å². The summed E-state index contributed by atoms with van der Waals surface area (Å²) in [4.78, 5) is 14.3. The molecule has 0 bridgehead atoms. The summed E-state index contributed by atoms with van der Waals surface area (Å²) in [5.74, 6) is 1.07. The Bertz CT molecular complexity index is 748. The Balaban J connectivity index is 1.86. The van der Waals surface area contributed by atoms with E-state index >= 15 is 0 Å². The van der Waals surface area contributed by atoms with Crippen molar-refractivity contribution in [1.82, 2.24) is 0 Å². The molecule has 3 rings (SSSR count). The number of hydrogen-bond donors (Lipinski definition) is 2. The molecule has 0 aromatic heterocycles. The number of benzene rings is 2. The number of rotatable bonds is 5. The normalized spacial score (nSPS) is 16.5. The molecule has 6 heteroatoms. The first kappa shape index (κ1) is 16.1. The molecule has 24 heavy (non-hydrogen) atoms. The van der Waals surface area contributed by atoms with Crippen LogP contribution >= 0.6 is 0 Å². The average molecular weight is 328 g/mol. The minimum Gasteiger partial charge on any atom is -0.495 e. The molecule has 126 valence electrons. The van der Waals surface area contributed by atoms with E-state index in [1.54, 1.807) is 24.1 Å². The molecular formula is C18H20N2O4. The first-order valence-corrected chi connectivity index (χ1v) is 7.74. The van der Waals surface area contributed by atoms with Crippen molar-refractivity contribution >= 4 is 17.3 Å². The zero-order chi connectivity index (χ0) is 17.1. The fraction of sp³-hybridized carbons (Fsp3) is 0.278. The van der Waals surface area contributed by atoms with Crippen molar-refractivity contribution in [3.05, 3.63) is 48.0 Å². The lowest BCUT2D eigenvalue weighted by Gasteiger charge is -2.34. The summed E-state index contributed by atoms with van der Waals surface area (Å²) in [7, 11) is 1.56. The van der Waals surface area contributed by atoms with Crippen molar-refractivity contribution in [2.24, 2.45) is 0 Å². The monoisotopic (exact) mass is 328 g/mol. The van der Waals surface area contributed by atoms with Gasteiger partial charge in [-0.1, -0.05) is 18.2 Å². The summed E-state index contributed by atoms with van der Waals surface area (Å²) in [5, 5.41) is 9.27. The van der Waals surface area contributed by atoms with Gasteiger partial charge < -0.3 is 25.2 Å². The van der Waals surface area contributed by atoms with Crippen LogP contribution in [0.15, 0.2) is 42.5 Å². The average Bonchev–Trinajstić information content (AvgIpc) is 2.59. The number of carbonyl (C=O) groups excluding carboxylic acids is 1. The third-order valence-corrected chi connectivity index (χ3v) is 4.01. The second-order valence-corrected chi connectivity index (χ2v) is 5.57. The number of β-amino-alcohol motifs (C(OH)–C–C–N with tert-alkyl or cyclic N) is 1. The number of aliphatic hydroxyl groups is 1. The number of hydrogen-bond acceptors (Lipinski definition) is 5. The second kappa shape index (κ2) is 6.80. The zero-order valence-electron chi connectivity index (χ0n) is 13.4. The van der Waals surface area contributed by atoms with E-state index in [1.807, 2.05) is 30.3 Å². The van der Waals surface area contributed by atoms with E-state index in [4.69, 9.17) is 15.2 Å². The van der Waals surface area contributed by atoms with Crippen LogP contribution in [0, 0.1) is 0 Å². The number of anilines is 2. The van der Waals surface area contributed by atoms with Crippen LogP contribution in [-0.4, -0.2) is 37.4 Å². The van der Waals surface area contributed by atoms with Crippen LogP contribution in [0.1, 0.15) is 5.56 Å². The van der Waals surface area contributed by atoms with E-state index in [9.17, 15) is 9.90 Å². The molecule has 0 saturated carbocycles. The van der Waals surface area contributed by atoms with Gasteiger partial charge in [0.2, 0.25) is 0 Å². The van der Waals surface area contributed by atoms with E-state index in [-0.39, 0.29) is 19.1 Å². The maximum Gasteiger partial charge on any atom is 0.268 e. The van der Waals surface area contributed by atoms with Gasteiger partial charge in [0, 0.05) is 13.0 Å². The number of carbonyl (C=O) groups is 1. The van der Waals surface area contributed by atoms with Gasteiger partial charge in [0.1, 0.15) is 11.5 Å². The van der Waals surface area contributed by atoms with Crippen LogP contribution in [0.3, 0.4) is 0 Å². The van der Waals surface area contributed by atoms with E-state index < -0.39 is 6.10 Å². The third-order valence-electron chi connectivity index (χ3n) is 4.01. The standard InChI is InChI=1S/C18H20N2O4/c1-23-15-7-6-12(10-13(15)19)11-17-18(22)20(8-9-21)14-4-2-3-5-16(14)24-17/h2-7,10,17,21H,8-9,11,19H2,1H3. The Morgan fingerprint density at radius 2 is 2.08 bits per heavy atom. The fourth-order valence-corrected chi connectivity index (χ4v) is 2.86. The first-order valence-electron chi connectivity index (χ1n) is 7.74. The molecule has 1 unspecified atom stereocenters. The molecule has 2 aromatic carbocycles. The van der Waals surface area contributed by atoms with Crippen LogP contribution in [0.5, 0.6) is 11.5 Å². The molecule has 6 nitrogen and oxygen atoms in total. The highest BCUT2D eigenvalue weighted by Crippen LogP contribution is 2.34. The van der Waals surface area contributed by atoms with Gasteiger partial charge in [-0.2, -0.15) is 0 Å². The largest absolute Gasteiger partial charge is 0.495 e. The highest BCUT2D eigenvalue weighted by Gasteiger charge is 2.34. The number of nitrogens with zero attached hydrogens (tertiary/aromatic N) is 1. The minimum atomic E-state index is -0.653. The van der Waals surface area contributed by atoms with E-state index in [0.29, 0.717) is 29.3 Å². The van der Waals surface area contributed by atoms with Gasteiger partial charge in [-0.3, -0.25) is 4.79 Å². The van der Waals surface area contributed by atoms with Gasteiger partial charge in [-0.15, -0.1) is 0 Å². The predicted molar refractivity (Wildman–Crippen MR) is 91.4 cm³/mol. The molecule has 0 saturated heterocycles. The maximum atomic E-state index is 12.7. The Hall–Kier alpha value is -2.73. The lowest BCUT2D eigenvalue weighted by atomic mass is 10.0. The first-order chi connectivity index (χ1) is 11.6. The summed E-state index contributed by atoms with van der Waals surface area (Å²) in [5.41, 5.74) is 8.02. The summed E-state index contributed by atoms with van der Waals surface area (Å²) >= 11 is 0. The smallest absolute Gasteiger partial charge is 0.268 e. The third kappa shape index (κ3) is 3.00. The molecule has 1 aliphatic heterocycles. The molecule has 2 aromatic rings. The molecule has 3 N–H and O–H groups in total. The number of nitrogen functional groups attached to an aromatic ring is 1. The molecule has 0 spiro atoms. The summed E-state index contributed by atoms with van der Waals surface area (Å²) in [6, 6.07) is 12.7. The lowest BCUT2D eigenvalue weighted by molar-refractivity contribution is -0.126. The molecule has 1 atom stereocenters. The minimum absolute atomic E-state index is 0.109. The molecular weight excluding hydrogens is 308 g/mol. The van der Waals surface area contributed by atoms with E-state index in [1.165, 1.54) is 0 Å². The van der Waals surface area contributed by atoms with Gasteiger partial charge in [0.05, 0.1) is 25.1 Å². The highest BCUT2D eigenvalue weighted by molar-refractivity contribution is 6.00. The van der Waals surface area contributed by atoms with Crippen LogP contribution < -0.4 is 20.1 Å². The molecule has 1 aliphatic rings. The van der Waals surface area contributed by atoms with Gasteiger partial charge in [0.25, 0.3) is 5.91 Å². The van der Waals surface area contributed by atoms with Gasteiger partial charge in [-0.05, 0) is 29.8 Å². The number of methoxy groups -OCH3 is 1. The van der Waals surface area contributed by atoms with Gasteiger partial charge in [-0.25, -0.2) is 0 Å². The highest BCUT2D eigenvalue weighted by atomic mass is 16.5. The van der Waals surface area contributed by atoms with Gasteiger partial charge >= 0.3 is 0 Å². The number of para-hydroxylation sites is 2. The summed E-state index contributed by atoms with van der Waals surface area (Å²) < 4.78 is 11.0. The van der Waals surface area contributed by atoms with Crippen molar-refractivity contribution in [1.29, 1.82) is 0 Å². The van der Waals surface area contributed by atoms with E-state index in [0.717, 1.165) is 5.56 Å². The number of aliphatic hydroxyl groups excluding tert-OH is 1. The van der Waals surface area contributed by atoms with Crippen molar-refractivity contribution in [3.63, 3.8) is 0 Å². The SMILES string of the molecule is COc1ccc(CC2Oc3ccccc3N(CCO)C2=O)cc1N. The number of amides is 1. The topological polar surface area (TPSA) is 85.0 Å².